The molecular formula is C18H23N7O. The first-order chi connectivity index (χ1) is 12.4. The summed E-state index contributed by atoms with van der Waals surface area (Å²) in [5, 5.41) is 13.3. The van der Waals surface area contributed by atoms with E-state index in [1.807, 2.05) is 16.6 Å². The molecule has 8 nitrogen and oxygen atoms in total. The highest BCUT2D eigenvalue weighted by atomic mass is 16.1. The van der Waals surface area contributed by atoms with Crippen LogP contribution in [0, 0.1) is 0 Å². The summed E-state index contributed by atoms with van der Waals surface area (Å²) in [6.45, 7) is 8.06. The molecule has 1 fully saturated rings. The Morgan fingerprint density at radius 3 is 2.58 bits per heavy atom. The van der Waals surface area contributed by atoms with E-state index in [1.165, 1.54) is 6.07 Å². The first-order valence-electron chi connectivity index (χ1n) is 8.95. The average Bonchev–Trinajstić information content (AvgIpc) is 3.05. The van der Waals surface area contributed by atoms with Crippen molar-refractivity contribution in [2.24, 2.45) is 0 Å². The monoisotopic (exact) mass is 353 g/mol. The van der Waals surface area contributed by atoms with E-state index in [0.29, 0.717) is 0 Å². The van der Waals surface area contributed by atoms with Crippen molar-refractivity contribution < 1.29 is 0 Å². The normalized spacial score (nSPS) is 16.3. The largest absolute Gasteiger partial charge is 0.355 e. The first kappa shape index (κ1) is 16.7. The van der Waals surface area contributed by atoms with Crippen molar-refractivity contribution in [3.8, 4) is 0 Å². The second-order valence-electron chi connectivity index (χ2n) is 7.82. The summed E-state index contributed by atoms with van der Waals surface area (Å²) in [5.74, 6) is 2.85. The van der Waals surface area contributed by atoms with Crippen molar-refractivity contribution >= 4 is 11.5 Å². The third kappa shape index (κ3) is 3.07. The van der Waals surface area contributed by atoms with E-state index in [9.17, 15) is 4.79 Å². The zero-order chi connectivity index (χ0) is 18.3. The van der Waals surface area contributed by atoms with Gasteiger partial charge in [-0.25, -0.2) is 4.98 Å². The van der Waals surface area contributed by atoms with Gasteiger partial charge in [0.15, 0.2) is 11.5 Å². The van der Waals surface area contributed by atoms with Crippen LogP contribution in [0.2, 0.25) is 0 Å². The Balaban J connectivity index is 1.55. The fourth-order valence-electron chi connectivity index (χ4n) is 3.39. The number of hydrogen-bond acceptors (Lipinski definition) is 6. The molecule has 26 heavy (non-hydrogen) atoms. The highest BCUT2D eigenvalue weighted by Gasteiger charge is 2.25. The molecule has 0 radical (unpaired) electrons. The third-order valence-electron chi connectivity index (χ3n) is 4.82. The average molecular weight is 353 g/mol. The van der Waals surface area contributed by atoms with Crippen molar-refractivity contribution in [3.05, 3.63) is 46.4 Å². The minimum atomic E-state index is -0.122. The number of aromatic nitrogens is 6. The molecule has 1 aliphatic heterocycles. The van der Waals surface area contributed by atoms with Crippen LogP contribution in [-0.4, -0.2) is 42.9 Å². The van der Waals surface area contributed by atoms with E-state index in [2.05, 4.69) is 45.8 Å². The highest BCUT2D eigenvalue weighted by Crippen LogP contribution is 2.28. The summed E-state index contributed by atoms with van der Waals surface area (Å²) in [6.07, 6.45) is 3.44. The third-order valence-corrected chi connectivity index (χ3v) is 4.82. The molecule has 4 rings (SSSR count). The van der Waals surface area contributed by atoms with Crippen LogP contribution in [-0.2, 0) is 5.41 Å². The van der Waals surface area contributed by atoms with Crippen LogP contribution >= 0.6 is 0 Å². The Kier molecular flexibility index (Phi) is 3.97. The summed E-state index contributed by atoms with van der Waals surface area (Å²) in [6, 6.07) is 5.41. The van der Waals surface area contributed by atoms with E-state index >= 15 is 0 Å². The van der Waals surface area contributed by atoms with Gasteiger partial charge in [0, 0.05) is 36.7 Å². The van der Waals surface area contributed by atoms with E-state index in [-0.39, 0.29) is 16.9 Å². The minimum absolute atomic E-state index is 0.0909. The van der Waals surface area contributed by atoms with Gasteiger partial charge in [-0.15, -0.1) is 15.3 Å². The number of nitrogens with zero attached hydrogens (tertiary/aromatic N) is 6. The Morgan fingerprint density at radius 2 is 1.88 bits per heavy atom. The molecule has 8 heteroatoms. The van der Waals surface area contributed by atoms with Crippen LogP contribution in [0.25, 0.3) is 5.65 Å². The molecule has 136 valence electrons. The lowest BCUT2D eigenvalue weighted by molar-refractivity contribution is 0.478. The molecular weight excluding hydrogens is 330 g/mol. The predicted octanol–water partition coefficient (Wildman–Crippen LogP) is 1.89. The lowest BCUT2D eigenvalue weighted by Gasteiger charge is -2.32. The van der Waals surface area contributed by atoms with Crippen LogP contribution in [0.5, 0.6) is 0 Å². The van der Waals surface area contributed by atoms with Crippen molar-refractivity contribution in [1.29, 1.82) is 0 Å². The maximum atomic E-state index is 11.5. The van der Waals surface area contributed by atoms with Gasteiger partial charge in [-0.05, 0) is 25.0 Å². The molecule has 0 saturated carbocycles. The summed E-state index contributed by atoms with van der Waals surface area (Å²) in [7, 11) is 0. The summed E-state index contributed by atoms with van der Waals surface area (Å²) < 4.78 is 1.84. The number of rotatable bonds is 2. The van der Waals surface area contributed by atoms with E-state index in [1.54, 1.807) is 6.20 Å². The lowest BCUT2D eigenvalue weighted by atomic mass is 9.96. The topological polar surface area (TPSA) is 92.1 Å². The fourth-order valence-corrected chi connectivity index (χ4v) is 3.39. The van der Waals surface area contributed by atoms with Gasteiger partial charge in [0.1, 0.15) is 11.6 Å². The second kappa shape index (κ2) is 6.19. The quantitative estimate of drug-likeness (QED) is 0.756. The number of fused-ring (bicyclic) bond motifs is 1. The van der Waals surface area contributed by atoms with E-state index < -0.39 is 0 Å². The molecule has 3 aromatic heterocycles. The van der Waals surface area contributed by atoms with Crippen molar-refractivity contribution in [3.63, 3.8) is 0 Å². The summed E-state index contributed by atoms with van der Waals surface area (Å²) in [4.78, 5) is 20.9. The maximum absolute atomic E-state index is 11.5. The molecule has 3 aromatic rings. The predicted molar refractivity (Wildman–Crippen MR) is 98.5 cm³/mol. The van der Waals surface area contributed by atoms with Crippen LogP contribution in [0.1, 0.15) is 51.2 Å². The highest BCUT2D eigenvalue weighted by molar-refractivity contribution is 5.46. The molecule has 0 atom stereocenters. The van der Waals surface area contributed by atoms with Gasteiger partial charge in [-0.1, -0.05) is 20.8 Å². The van der Waals surface area contributed by atoms with E-state index in [4.69, 9.17) is 5.10 Å². The molecule has 0 aromatic carbocycles. The molecule has 0 aliphatic carbocycles. The molecule has 0 unspecified atom stereocenters. The van der Waals surface area contributed by atoms with Gasteiger partial charge in [-0.2, -0.15) is 4.52 Å². The van der Waals surface area contributed by atoms with Gasteiger partial charge < -0.3 is 9.88 Å². The Bertz CT molecular complexity index is 977. The zero-order valence-corrected chi connectivity index (χ0v) is 15.3. The number of hydrogen-bond donors (Lipinski definition) is 1. The molecule has 4 heterocycles. The Labute approximate surface area is 151 Å². The Morgan fingerprint density at radius 1 is 1.12 bits per heavy atom. The number of aromatic amines is 1. The van der Waals surface area contributed by atoms with Gasteiger partial charge in [0.05, 0.1) is 0 Å². The van der Waals surface area contributed by atoms with Crippen LogP contribution in [0.15, 0.2) is 29.2 Å². The number of H-pyrrole nitrogens is 1. The number of nitrogens with one attached hydrogen (secondary N) is 1. The SMILES string of the molecule is CC(C)(C)c1nnc2ccc(N3CCC(c4nccc(=O)[nH]4)CC3)nn12. The molecule has 0 spiro atoms. The molecule has 0 amide bonds. The van der Waals surface area contributed by atoms with Gasteiger partial charge in [0.2, 0.25) is 0 Å². The smallest absolute Gasteiger partial charge is 0.250 e. The second-order valence-corrected chi connectivity index (χ2v) is 7.82. The van der Waals surface area contributed by atoms with Crippen molar-refractivity contribution in [2.45, 2.75) is 44.9 Å². The van der Waals surface area contributed by atoms with Crippen LogP contribution in [0.4, 0.5) is 5.82 Å². The first-order valence-corrected chi connectivity index (χ1v) is 8.95. The fraction of sp³-hybridized carbons (Fsp3) is 0.500. The van der Waals surface area contributed by atoms with Crippen molar-refractivity contribution in [2.75, 3.05) is 18.0 Å². The molecule has 1 saturated heterocycles. The zero-order valence-electron chi connectivity index (χ0n) is 15.3. The van der Waals surface area contributed by atoms with Crippen LogP contribution in [0.3, 0.4) is 0 Å². The molecule has 1 aliphatic rings. The van der Waals surface area contributed by atoms with E-state index in [0.717, 1.165) is 49.0 Å². The van der Waals surface area contributed by atoms with Gasteiger partial charge >= 0.3 is 0 Å². The standard InChI is InChI=1S/C18H23N7O/c1-18(2,3)17-22-21-13-4-5-14(23-25(13)17)24-10-7-12(8-11-24)16-19-9-6-15(26)20-16/h4-6,9,12H,7-8,10-11H2,1-3H3,(H,19,20,26). The summed E-state index contributed by atoms with van der Waals surface area (Å²) >= 11 is 0. The maximum Gasteiger partial charge on any atom is 0.250 e. The lowest BCUT2D eigenvalue weighted by Crippen LogP contribution is -2.34. The van der Waals surface area contributed by atoms with Gasteiger partial charge in [0.25, 0.3) is 5.56 Å². The minimum Gasteiger partial charge on any atom is -0.355 e. The van der Waals surface area contributed by atoms with Gasteiger partial charge in [-0.3, -0.25) is 4.79 Å². The number of anilines is 1. The van der Waals surface area contributed by atoms with Crippen molar-refractivity contribution in [1.82, 2.24) is 29.8 Å². The molecule has 1 N–H and O–H groups in total. The number of piperidine rings is 1. The summed E-state index contributed by atoms with van der Waals surface area (Å²) in [5.41, 5.74) is 0.551. The molecule has 0 bridgehead atoms. The van der Waals surface area contributed by atoms with Crippen LogP contribution < -0.4 is 10.5 Å². The Hall–Kier alpha value is -2.77.